The second kappa shape index (κ2) is 11.1. The fourth-order valence-electron chi connectivity index (χ4n) is 5.94. The number of amides is 1. The number of nitrogens with one attached hydrogen (secondary N) is 2. The van der Waals surface area contributed by atoms with Gasteiger partial charge in [-0.1, -0.05) is 12.8 Å². The predicted molar refractivity (Wildman–Crippen MR) is 141 cm³/mol. The Kier molecular flexibility index (Phi) is 7.79. The molecular formula is C28H37F3N6O. The van der Waals surface area contributed by atoms with Crippen molar-refractivity contribution in [2.75, 3.05) is 37.8 Å². The van der Waals surface area contributed by atoms with Gasteiger partial charge >= 0.3 is 6.18 Å². The normalized spacial score (nSPS) is 23.2. The van der Waals surface area contributed by atoms with Crippen LogP contribution in [-0.4, -0.2) is 64.9 Å². The SMILES string of the molecule is CN1CCC(N(C)C(=O)c2ccc(Nc3ncc(C(F)(F)F)c(NC4CCCCC4C4CC4)n3)cc2)CC1. The van der Waals surface area contributed by atoms with E-state index < -0.39 is 11.7 Å². The zero-order valence-electron chi connectivity index (χ0n) is 22.1. The van der Waals surface area contributed by atoms with Crippen LogP contribution in [0.15, 0.2) is 30.5 Å². The lowest BCUT2D eigenvalue weighted by Crippen LogP contribution is -2.44. The molecule has 10 heteroatoms. The monoisotopic (exact) mass is 530 g/mol. The summed E-state index contributed by atoms with van der Waals surface area (Å²) in [5.74, 6) is 0.886. The van der Waals surface area contributed by atoms with Crippen molar-refractivity contribution >= 4 is 23.4 Å². The summed E-state index contributed by atoms with van der Waals surface area (Å²) in [4.78, 5) is 25.3. The van der Waals surface area contributed by atoms with Gasteiger partial charge in [-0.05, 0) is 94.8 Å². The zero-order chi connectivity index (χ0) is 26.9. The van der Waals surface area contributed by atoms with Gasteiger partial charge in [0.15, 0.2) is 0 Å². The van der Waals surface area contributed by atoms with Crippen LogP contribution in [0.3, 0.4) is 0 Å². The summed E-state index contributed by atoms with van der Waals surface area (Å²) < 4.78 is 41.4. The van der Waals surface area contributed by atoms with E-state index >= 15 is 0 Å². The smallest absolute Gasteiger partial charge is 0.366 e. The quantitative estimate of drug-likeness (QED) is 0.473. The van der Waals surface area contributed by atoms with Gasteiger partial charge in [-0.3, -0.25) is 4.79 Å². The van der Waals surface area contributed by atoms with Crippen molar-refractivity contribution in [3.05, 3.63) is 41.6 Å². The number of alkyl halides is 3. The molecular weight excluding hydrogens is 493 g/mol. The molecule has 2 N–H and O–H groups in total. The third kappa shape index (κ3) is 6.22. The van der Waals surface area contributed by atoms with E-state index in [0.29, 0.717) is 23.1 Å². The third-order valence-corrected chi connectivity index (χ3v) is 8.41. The van der Waals surface area contributed by atoms with Gasteiger partial charge in [-0.2, -0.15) is 18.2 Å². The summed E-state index contributed by atoms with van der Waals surface area (Å²) in [6.07, 6.45) is 4.57. The van der Waals surface area contributed by atoms with Crippen LogP contribution < -0.4 is 10.6 Å². The van der Waals surface area contributed by atoms with Crippen molar-refractivity contribution in [1.82, 2.24) is 19.8 Å². The van der Waals surface area contributed by atoms with Crippen LogP contribution in [0, 0.1) is 11.8 Å². The number of aromatic nitrogens is 2. The zero-order valence-corrected chi connectivity index (χ0v) is 22.1. The van der Waals surface area contributed by atoms with Crippen LogP contribution in [0.4, 0.5) is 30.6 Å². The number of likely N-dealkylation sites (tertiary alicyclic amines) is 1. The molecule has 2 aromatic rings. The lowest BCUT2D eigenvalue weighted by Gasteiger charge is -2.35. The molecule has 0 bridgehead atoms. The largest absolute Gasteiger partial charge is 0.421 e. The standard InChI is InChI=1S/C28H37F3N6O/c1-36-15-13-21(14-16-36)37(2)26(38)19-9-11-20(12-10-19)33-27-32-17-23(28(29,30)31)25(35-27)34-24-6-4-3-5-22(24)18-7-8-18/h9-12,17-18,21-22,24H,3-8,13-16H2,1-2H3,(H2,32,33,34,35). The maximum absolute atomic E-state index is 13.8. The highest BCUT2D eigenvalue weighted by atomic mass is 19.4. The summed E-state index contributed by atoms with van der Waals surface area (Å²) in [6.45, 7) is 1.94. The van der Waals surface area contributed by atoms with Gasteiger partial charge in [-0.15, -0.1) is 0 Å². The molecule has 0 spiro atoms. The van der Waals surface area contributed by atoms with Crippen LogP contribution in [0.1, 0.15) is 67.3 Å². The average Bonchev–Trinajstić information content (AvgIpc) is 3.74. The number of hydrogen-bond donors (Lipinski definition) is 2. The first-order valence-corrected chi connectivity index (χ1v) is 13.7. The number of benzene rings is 1. The topological polar surface area (TPSA) is 73.4 Å². The van der Waals surface area contributed by atoms with Crippen molar-refractivity contribution in [3.8, 4) is 0 Å². The molecule has 206 valence electrons. The molecule has 38 heavy (non-hydrogen) atoms. The molecule has 1 aromatic heterocycles. The Bertz CT molecular complexity index is 1110. The van der Waals surface area contributed by atoms with Crippen molar-refractivity contribution in [1.29, 1.82) is 0 Å². The Hall–Kier alpha value is -2.88. The van der Waals surface area contributed by atoms with Crippen LogP contribution in [0.25, 0.3) is 0 Å². The van der Waals surface area contributed by atoms with Gasteiger partial charge in [0.2, 0.25) is 5.95 Å². The van der Waals surface area contributed by atoms with E-state index in [-0.39, 0.29) is 29.8 Å². The first-order valence-electron chi connectivity index (χ1n) is 13.7. The molecule has 2 atom stereocenters. The summed E-state index contributed by atoms with van der Waals surface area (Å²) >= 11 is 0. The number of rotatable bonds is 7. The van der Waals surface area contributed by atoms with E-state index in [0.717, 1.165) is 70.7 Å². The minimum Gasteiger partial charge on any atom is -0.366 e. The van der Waals surface area contributed by atoms with E-state index in [9.17, 15) is 18.0 Å². The van der Waals surface area contributed by atoms with Gasteiger partial charge in [0, 0.05) is 36.6 Å². The van der Waals surface area contributed by atoms with E-state index in [1.54, 1.807) is 24.3 Å². The molecule has 5 rings (SSSR count). The molecule has 0 radical (unpaired) electrons. The maximum Gasteiger partial charge on any atom is 0.421 e. The highest BCUT2D eigenvalue weighted by molar-refractivity contribution is 5.94. The second-order valence-corrected chi connectivity index (χ2v) is 11.1. The van der Waals surface area contributed by atoms with Gasteiger partial charge in [-0.25, -0.2) is 4.98 Å². The van der Waals surface area contributed by atoms with Crippen molar-refractivity contribution in [2.24, 2.45) is 11.8 Å². The molecule has 1 saturated heterocycles. The van der Waals surface area contributed by atoms with Crippen LogP contribution in [0.5, 0.6) is 0 Å². The molecule has 7 nitrogen and oxygen atoms in total. The number of nitrogens with zero attached hydrogens (tertiary/aromatic N) is 4. The van der Waals surface area contributed by atoms with Crippen LogP contribution >= 0.6 is 0 Å². The van der Waals surface area contributed by atoms with Gasteiger partial charge in [0.25, 0.3) is 5.91 Å². The average molecular weight is 531 g/mol. The molecule has 1 aromatic carbocycles. The number of anilines is 3. The number of halogens is 3. The second-order valence-electron chi connectivity index (χ2n) is 11.1. The Balaban J connectivity index is 1.28. The van der Waals surface area contributed by atoms with Crippen molar-refractivity contribution in [2.45, 2.75) is 69.6 Å². The molecule has 1 aliphatic heterocycles. The number of carbonyl (C=O) groups excluding carboxylic acids is 1. The van der Waals surface area contributed by atoms with Gasteiger partial charge in [0.05, 0.1) is 0 Å². The van der Waals surface area contributed by atoms with E-state index in [2.05, 4.69) is 32.5 Å². The summed E-state index contributed by atoms with van der Waals surface area (Å²) in [7, 11) is 3.93. The van der Waals surface area contributed by atoms with Crippen molar-refractivity contribution < 1.29 is 18.0 Å². The lowest BCUT2D eigenvalue weighted by molar-refractivity contribution is -0.137. The highest BCUT2D eigenvalue weighted by Crippen LogP contribution is 2.45. The molecule has 1 amide bonds. The predicted octanol–water partition coefficient (Wildman–Crippen LogP) is 5.79. The molecule has 3 aliphatic rings. The Morgan fingerprint density at radius 3 is 2.37 bits per heavy atom. The van der Waals surface area contributed by atoms with Gasteiger partial charge in [0.1, 0.15) is 11.4 Å². The van der Waals surface area contributed by atoms with E-state index in [4.69, 9.17) is 0 Å². The Labute approximate surface area is 222 Å². The fraction of sp³-hybridized carbons (Fsp3) is 0.607. The first-order chi connectivity index (χ1) is 18.2. The van der Waals surface area contributed by atoms with E-state index in [1.807, 2.05) is 11.9 Å². The fourth-order valence-corrected chi connectivity index (χ4v) is 5.94. The highest BCUT2D eigenvalue weighted by Gasteiger charge is 2.40. The van der Waals surface area contributed by atoms with Crippen molar-refractivity contribution in [3.63, 3.8) is 0 Å². The summed E-state index contributed by atoms with van der Waals surface area (Å²) in [5.41, 5.74) is 0.319. The first kappa shape index (κ1) is 26.7. The lowest BCUT2D eigenvalue weighted by atomic mass is 9.81. The minimum atomic E-state index is -4.55. The molecule has 2 unspecified atom stereocenters. The number of hydrogen-bond acceptors (Lipinski definition) is 6. The molecule has 2 saturated carbocycles. The molecule has 2 aliphatic carbocycles. The maximum atomic E-state index is 13.8. The minimum absolute atomic E-state index is 0.00745. The summed E-state index contributed by atoms with van der Waals surface area (Å²) in [5, 5.41) is 6.17. The summed E-state index contributed by atoms with van der Waals surface area (Å²) in [6, 6.07) is 7.12. The third-order valence-electron chi connectivity index (χ3n) is 8.41. The van der Waals surface area contributed by atoms with Crippen LogP contribution in [0.2, 0.25) is 0 Å². The Morgan fingerprint density at radius 2 is 1.71 bits per heavy atom. The Morgan fingerprint density at radius 1 is 1.03 bits per heavy atom. The van der Waals surface area contributed by atoms with Crippen LogP contribution in [-0.2, 0) is 6.18 Å². The molecule has 3 fully saturated rings. The van der Waals surface area contributed by atoms with E-state index in [1.165, 1.54) is 0 Å². The molecule has 2 heterocycles. The number of piperidine rings is 1. The van der Waals surface area contributed by atoms with Gasteiger partial charge < -0.3 is 20.4 Å². The number of carbonyl (C=O) groups is 1.